The number of benzene rings is 2. The number of hydrogen-bond acceptors (Lipinski definition) is 5. The Labute approximate surface area is 390 Å². The van der Waals surface area contributed by atoms with Crippen molar-refractivity contribution < 1.29 is 66.0 Å². The van der Waals surface area contributed by atoms with Gasteiger partial charge in [-0.3, -0.25) is 4.57 Å². The van der Waals surface area contributed by atoms with Gasteiger partial charge >= 0.3 is 24.7 Å². The summed E-state index contributed by atoms with van der Waals surface area (Å²) in [5.74, 6) is 6.59. The van der Waals surface area contributed by atoms with Crippen molar-refractivity contribution in [2.24, 2.45) is 0 Å². The lowest BCUT2D eigenvalue weighted by Gasteiger charge is -2.46. The van der Waals surface area contributed by atoms with E-state index in [0.717, 1.165) is 0 Å². The van der Waals surface area contributed by atoms with Crippen molar-refractivity contribution in [1.29, 1.82) is 0 Å². The van der Waals surface area contributed by atoms with Crippen LogP contribution in [0.2, 0.25) is 41.3 Å². The van der Waals surface area contributed by atoms with Crippen LogP contribution in [0.15, 0.2) is 47.0 Å². The van der Waals surface area contributed by atoms with Crippen LogP contribution < -0.4 is 10.4 Å². The van der Waals surface area contributed by atoms with Crippen LogP contribution in [0.3, 0.4) is 0 Å². The van der Waals surface area contributed by atoms with Crippen molar-refractivity contribution in [1.82, 2.24) is 9.55 Å². The molecule has 4 rings (SSSR count). The molecule has 3 aromatic rings. The number of aryl methyl sites for hydroxylation is 1. The summed E-state index contributed by atoms with van der Waals surface area (Å²) in [6.07, 6.45) is -20.2. The van der Waals surface area contributed by atoms with E-state index in [9.17, 15) is 52.7 Å². The first-order chi connectivity index (χ1) is 29.1. The molecule has 1 aliphatic rings. The van der Waals surface area contributed by atoms with E-state index < -0.39 is 105 Å². The number of nitrogens with zero attached hydrogens (tertiary/aromatic N) is 2. The second kappa shape index (κ2) is 18.5. The lowest BCUT2D eigenvalue weighted by molar-refractivity contribution is -0.144. The minimum Gasteiger partial charge on any atom is -0.444 e. The van der Waals surface area contributed by atoms with Crippen LogP contribution in [0.4, 0.5) is 52.7 Å². The maximum Gasteiger partial charge on any atom is 0.416 e. The van der Waals surface area contributed by atoms with Crippen LogP contribution in [-0.4, -0.2) is 57.6 Å². The highest BCUT2D eigenvalue weighted by Crippen LogP contribution is 2.55. The Hall–Kier alpha value is -2.37. The summed E-state index contributed by atoms with van der Waals surface area (Å²) in [7, 11) is -9.42. The number of alkyl halides is 13. The van der Waals surface area contributed by atoms with Crippen LogP contribution in [0.25, 0.3) is 0 Å². The van der Waals surface area contributed by atoms with E-state index >= 15 is 0 Å². The average Bonchev–Trinajstić information content (AvgIpc) is 3.64. The first kappa shape index (κ1) is 55.2. The largest absolute Gasteiger partial charge is 0.444 e. The minimum absolute atomic E-state index is 0.0452. The lowest BCUT2D eigenvalue weighted by atomic mass is 10.1. The quantitative estimate of drug-likeness (QED) is 0.0452. The molecule has 0 amide bonds. The predicted octanol–water partition coefficient (Wildman–Crippen LogP) is 13.8. The number of halogens is 13. The van der Waals surface area contributed by atoms with Crippen LogP contribution in [0.5, 0.6) is 0 Å². The van der Waals surface area contributed by atoms with Crippen LogP contribution in [-0.2, 0) is 40.0 Å². The van der Waals surface area contributed by atoms with Crippen molar-refractivity contribution in [3.05, 3.63) is 76.5 Å². The van der Waals surface area contributed by atoms with Crippen molar-refractivity contribution >= 4 is 57.8 Å². The zero-order valence-corrected chi connectivity index (χ0v) is 43.8. The molecule has 5 nitrogen and oxygen atoms in total. The molecule has 1 aromatic heterocycles. The summed E-state index contributed by atoms with van der Waals surface area (Å²) in [4.78, 5) is 4.46. The van der Waals surface area contributed by atoms with Gasteiger partial charge in [-0.05, 0) is 94.5 Å². The Morgan fingerprint density at radius 3 is 1.43 bits per heavy atom. The van der Waals surface area contributed by atoms with Gasteiger partial charge in [-0.25, -0.2) is 4.98 Å². The molecule has 2 aromatic carbocycles. The highest BCUT2D eigenvalue weighted by atomic mass is 127. The summed E-state index contributed by atoms with van der Waals surface area (Å²) in [6.45, 7) is 25.3. The van der Waals surface area contributed by atoms with Gasteiger partial charge in [0.1, 0.15) is 11.9 Å². The van der Waals surface area contributed by atoms with E-state index in [1.165, 1.54) is 31.5 Å². The molecule has 0 bridgehead atoms. The van der Waals surface area contributed by atoms with Crippen LogP contribution >= 0.6 is 22.6 Å². The topological polar surface area (TPSA) is 47.5 Å². The Morgan fingerprint density at radius 2 is 1.08 bits per heavy atom. The molecule has 2 heterocycles. The Balaban J connectivity index is 1.92. The van der Waals surface area contributed by atoms with E-state index in [2.05, 4.69) is 84.6 Å². The zero-order chi connectivity index (χ0) is 49.9. The number of rotatable bonds is 12. The van der Waals surface area contributed by atoms with Crippen molar-refractivity contribution in [3.63, 3.8) is 0 Å². The molecule has 21 heteroatoms. The minimum atomic E-state index is -5.38. The van der Waals surface area contributed by atoms with E-state index in [-0.39, 0.29) is 45.6 Å². The van der Waals surface area contributed by atoms with Gasteiger partial charge in [-0.2, -0.15) is 52.7 Å². The number of hydrogen-bond donors (Lipinski definition) is 0. The van der Waals surface area contributed by atoms with Crippen LogP contribution in [0, 0.1) is 11.8 Å². The smallest absolute Gasteiger partial charge is 0.416 e. The predicted molar refractivity (Wildman–Crippen MR) is 243 cm³/mol. The highest BCUT2D eigenvalue weighted by Gasteiger charge is 2.68. The molecule has 1 fully saturated rings. The van der Waals surface area contributed by atoms with Gasteiger partial charge in [0.05, 0.1) is 41.1 Å². The molecule has 4 atom stereocenters. The molecule has 0 N–H and O–H groups in total. The second-order valence-electron chi connectivity index (χ2n) is 20.6. The van der Waals surface area contributed by atoms with Gasteiger partial charge in [0.15, 0.2) is 24.9 Å². The molecule has 0 aliphatic carbocycles. The standard InChI is InChI=1S/C44H57F12IN2O3Si3/c1-38(2,3)63(10,11)60-18-14-15-31(62-64(12,13)39(4,5)6)16-17-32-26-58-37(61-32)36-35(25-57)59(36)65(40(7,8)9,33-21-27(41(45,46)47)19-28(22-33)42(48,49)50)34-23-29(43(51,52)53)20-30(24-34)44(54,55)56/h19-24,26,31,35-36H,16-18,25H2,1-13H3/t31?,35-,36-,59?/m0/s1. The first-order valence-electron chi connectivity index (χ1n) is 20.8. The summed E-state index contributed by atoms with van der Waals surface area (Å²) in [5, 5.41) is -3.19. The third-order valence-electron chi connectivity index (χ3n) is 12.9. The fraction of sp³-hybridized carbons (Fsp3) is 0.614. The van der Waals surface area contributed by atoms with Gasteiger partial charge in [-0.15, -0.1) is 0 Å². The van der Waals surface area contributed by atoms with Gasteiger partial charge < -0.3 is 13.3 Å². The molecule has 0 radical (unpaired) electrons. The van der Waals surface area contributed by atoms with Crippen molar-refractivity contribution in [2.75, 3.05) is 11.0 Å². The second-order valence-corrected chi connectivity index (χ2v) is 35.6. The maximum absolute atomic E-state index is 14.5. The maximum atomic E-state index is 14.5. The SMILES string of the molecule is CC(C)(C)[Si](C)(C)OCC#CC(CCc1cnc([C@@H]2[C@H](CI)N2[Si](c2cc(C(F)(F)F)cc(C(F)(F)F)c2)(c2cc(C(F)(F)F)cc(C(F)(F)F)c2)C(C)(C)C)o1)O[Si](C)(C)C(C)(C)C. The normalized spacial score (nSPS) is 19.0. The molecule has 0 spiro atoms. The van der Waals surface area contributed by atoms with E-state index in [1.807, 2.05) is 22.6 Å². The van der Waals surface area contributed by atoms with Crippen LogP contribution in [0.1, 0.15) is 109 Å². The molecule has 2 unspecified atom stereocenters. The van der Waals surface area contributed by atoms with E-state index in [1.54, 1.807) is 0 Å². The molecule has 364 valence electrons. The van der Waals surface area contributed by atoms with Gasteiger partial charge in [0.2, 0.25) is 5.89 Å². The molecule has 1 saturated heterocycles. The van der Waals surface area contributed by atoms with Crippen molar-refractivity contribution in [2.45, 2.75) is 159 Å². The van der Waals surface area contributed by atoms with E-state index in [4.69, 9.17) is 13.3 Å². The molecular weight excluding hydrogens is 1040 g/mol. The molecule has 0 saturated carbocycles. The summed E-state index contributed by atoms with van der Waals surface area (Å²) in [5.41, 5.74) is -7.06. The first-order valence-corrected chi connectivity index (χ1v) is 30.1. The van der Waals surface area contributed by atoms with E-state index in [0.29, 0.717) is 36.4 Å². The Morgan fingerprint density at radius 1 is 0.662 bits per heavy atom. The van der Waals surface area contributed by atoms with Gasteiger partial charge in [0, 0.05) is 16.9 Å². The fourth-order valence-corrected chi connectivity index (χ4v) is 17.0. The molecule has 65 heavy (non-hydrogen) atoms. The monoisotopic (exact) mass is 1100 g/mol. The average molecular weight is 1100 g/mol. The molecule has 1 aliphatic heterocycles. The summed E-state index contributed by atoms with van der Waals surface area (Å²) in [6, 6.07) is -0.481. The van der Waals surface area contributed by atoms with Gasteiger partial charge in [0.25, 0.3) is 0 Å². The fourth-order valence-electron chi connectivity index (χ4n) is 7.36. The Kier molecular flexibility index (Phi) is 15.7. The summed E-state index contributed by atoms with van der Waals surface area (Å²) >= 11 is 1.91. The number of oxazole rings is 1. The van der Waals surface area contributed by atoms with Crippen molar-refractivity contribution in [3.8, 4) is 11.8 Å². The third-order valence-corrected chi connectivity index (χ3v) is 28.5. The zero-order valence-electron chi connectivity index (χ0n) is 38.6. The Bertz CT molecular complexity index is 2080. The lowest BCUT2D eigenvalue weighted by Crippen LogP contribution is -2.71. The highest BCUT2D eigenvalue weighted by molar-refractivity contribution is 14.1. The third kappa shape index (κ3) is 12.3. The van der Waals surface area contributed by atoms with Gasteiger partial charge in [-0.1, -0.05) is 96.7 Å². The summed E-state index contributed by atoms with van der Waals surface area (Å²) < 4.78 is 195. The molecular formula is C44H57F12IN2O3Si3. The number of aromatic nitrogens is 1.